The van der Waals surface area contributed by atoms with Crippen LogP contribution in [0.1, 0.15) is 47.1 Å². The van der Waals surface area contributed by atoms with E-state index < -0.39 is 11.7 Å². The zero-order chi connectivity index (χ0) is 21.4. The number of H-pyrrole nitrogens is 1. The van der Waals surface area contributed by atoms with Gasteiger partial charge in [0.05, 0.1) is 12.8 Å². The van der Waals surface area contributed by atoms with Crippen LogP contribution >= 0.6 is 0 Å². The molecule has 0 aliphatic heterocycles. The van der Waals surface area contributed by atoms with Crippen LogP contribution in [-0.2, 0) is 10.2 Å². The van der Waals surface area contributed by atoms with E-state index in [1.54, 1.807) is 13.3 Å². The average molecular weight is 395 g/mol. The Morgan fingerprint density at radius 1 is 1.00 bits per heavy atom. The van der Waals surface area contributed by atoms with E-state index in [9.17, 15) is 4.79 Å². The van der Waals surface area contributed by atoms with Crippen molar-refractivity contribution < 1.29 is 14.3 Å². The van der Waals surface area contributed by atoms with Crippen LogP contribution in [0.4, 0.5) is 4.79 Å². The van der Waals surface area contributed by atoms with Crippen molar-refractivity contribution in [2.75, 3.05) is 7.11 Å². The van der Waals surface area contributed by atoms with Crippen molar-refractivity contribution in [2.45, 2.75) is 52.6 Å². The summed E-state index contributed by atoms with van der Waals surface area (Å²) >= 11 is 0. The average Bonchev–Trinajstić information content (AvgIpc) is 3.29. The molecule has 3 aromatic rings. The van der Waals surface area contributed by atoms with Crippen molar-refractivity contribution in [3.8, 4) is 28.3 Å². The zero-order valence-corrected chi connectivity index (χ0v) is 18.3. The van der Waals surface area contributed by atoms with Gasteiger partial charge in [-0.2, -0.15) is 0 Å². The molecule has 1 N–H and O–H groups in total. The number of hydrogen-bond donors (Lipinski definition) is 1. The van der Waals surface area contributed by atoms with Gasteiger partial charge in [-0.1, -0.05) is 20.8 Å². The van der Waals surface area contributed by atoms with Crippen LogP contribution < -0.4 is 4.74 Å². The van der Waals surface area contributed by atoms with Crippen molar-refractivity contribution in [3.63, 3.8) is 0 Å². The molecule has 3 rings (SSSR count). The summed E-state index contributed by atoms with van der Waals surface area (Å²) in [6.07, 6.45) is 3.20. The molecule has 0 saturated carbocycles. The number of carbonyl (C=O) groups is 1. The second-order valence-electron chi connectivity index (χ2n) is 9.18. The fourth-order valence-electron chi connectivity index (χ4n) is 3.24. The summed E-state index contributed by atoms with van der Waals surface area (Å²) in [5.41, 5.74) is 3.99. The van der Waals surface area contributed by atoms with Gasteiger partial charge in [0.1, 0.15) is 11.4 Å². The number of hydrogen-bond acceptors (Lipinski definition) is 3. The first-order valence-corrected chi connectivity index (χ1v) is 9.78. The lowest BCUT2D eigenvalue weighted by molar-refractivity contribution is 0.0540. The van der Waals surface area contributed by atoms with E-state index in [4.69, 9.17) is 9.47 Å². The second kappa shape index (κ2) is 7.47. The number of nitrogens with zero attached hydrogens (tertiary/aromatic N) is 1. The van der Waals surface area contributed by atoms with E-state index in [0.29, 0.717) is 5.75 Å². The lowest BCUT2D eigenvalue weighted by Gasteiger charge is -2.24. The van der Waals surface area contributed by atoms with Crippen molar-refractivity contribution in [3.05, 3.63) is 54.4 Å². The predicted molar refractivity (Wildman–Crippen MR) is 117 cm³/mol. The highest BCUT2D eigenvalue weighted by molar-refractivity contribution is 5.86. The molecule has 0 unspecified atom stereocenters. The smallest absolute Gasteiger partial charge is 0.418 e. The van der Waals surface area contributed by atoms with Gasteiger partial charge in [-0.25, -0.2) is 4.79 Å². The van der Waals surface area contributed by atoms with Gasteiger partial charge in [0.15, 0.2) is 0 Å². The van der Waals surface area contributed by atoms with Crippen LogP contribution in [-0.4, -0.2) is 28.4 Å². The van der Waals surface area contributed by atoms with E-state index in [-0.39, 0.29) is 5.41 Å². The molecule has 0 saturated heterocycles. The van der Waals surface area contributed by atoms with Crippen LogP contribution in [0.3, 0.4) is 0 Å². The number of aromatic nitrogens is 2. The molecule has 0 atom stereocenters. The molecule has 0 bridgehead atoms. The molecule has 0 aliphatic carbocycles. The van der Waals surface area contributed by atoms with Gasteiger partial charge < -0.3 is 14.5 Å². The molecule has 2 heterocycles. The minimum Gasteiger partial charge on any atom is -0.495 e. The van der Waals surface area contributed by atoms with E-state index in [2.05, 4.69) is 37.9 Å². The van der Waals surface area contributed by atoms with Crippen LogP contribution in [0, 0.1) is 0 Å². The van der Waals surface area contributed by atoms with Gasteiger partial charge in [0, 0.05) is 29.2 Å². The molecule has 0 fully saturated rings. The Morgan fingerprint density at radius 2 is 1.69 bits per heavy atom. The minimum absolute atomic E-state index is 0.0777. The zero-order valence-electron chi connectivity index (χ0n) is 18.3. The quantitative estimate of drug-likeness (QED) is 0.572. The minimum atomic E-state index is -0.578. The summed E-state index contributed by atoms with van der Waals surface area (Å²) in [5, 5.41) is 0. The fourth-order valence-corrected chi connectivity index (χ4v) is 3.24. The number of nitrogens with one attached hydrogen (secondary N) is 1. The Hall–Kier alpha value is -2.95. The molecule has 0 amide bonds. The van der Waals surface area contributed by atoms with Crippen molar-refractivity contribution in [2.24, 2.45) is 0 Å². The van der Waals surface area contributed by atoms with Gasteiger partial charge in [-0.3, -0.25) is 4.57 Å². The third-order valence-electron chi connectivity index (χ3n) is 4.66. The van der Waals surface area contributed by atoms with Crippen LogP contribution in [0.15, 0.2) is 48.8 Å². The summed E-state index contributed by atoms with van der Waals surface area (Å²) in [7, 11) is 1.66. The van der Waals surface area contributed by atoms with Gasteiger partial charge in [-0.15, -0.1) is 0 Å². The molecular weight excluding hydrogens is 364 g/mol. The van der Waals surface area contributed by atoms with Gasteiger partial charge in [0.25, 0.3) is 0 Å². The maximum atomic E-state index is 12.8. The Balaban J connectivity index is 2.24. The van der Waals surface area contributed by atoms with Gasteiger partial charge in [0.2, 0.25) is 0 Å². The monoisotopic (exact) mass is 394 g/mol. The Labute approximate surface area is 172 Å². The van der Waals surface area contributed by atoms with Gasteiger partial charge in [-0.05, 0) is 68.1 Å². The molecule has 0 aliphatic rings. The van der Waals surface area contributed by atoms with Crippen molar-refractivity contribution in [1.29, 1.82) is 0 Å². The first-order chi connectivity index (χ1) is 13.5. The highest BCUT2D eigenvalue weighted by Crippen LogP contribution is 2.42. The standard InChI is InChI=1S/C24H30N2O3/c1-23(2,3)16-14-17(19-10-8-12-25-19)21(28-7)18(15-16)20-11-9-13-26(20)22(27)29-24(4,5)6/h8-15,25H,1-7H3. The number of benzene rings is 1. The predicted octanol–water partition coefficient (Wildman–Crippen LogP) is 6.24. The highest BCUT2D eigenvalue weighted by atomic mass is 16.6. The number of carbonyl (C=O) groups excluding carboxylic acids is 1. The number of methoxy groups -OCH3 is 1. The number of ether oxygens (including phenoxy) is 2. The lowest BCUT2D eigenvalue weighted by atomic mass is 9.84. The van der Waals surface area contributed by atoms with E-state index >= 15 is 0 Å². The third kappa shape index (κ3) is 4.39. The van der Waals surface area contributed by atoms with Crippen LogP contribution in [0.5, 0.6) is 5.75 Å². The van der Waals surface area contributed by atoms with Crippen LogP contribution in [0.25, 0.3) is 22.5 Å². The first kappa shape index (κ1) is 20.8. The summed E-state index contributed by atoms with van der Waals surface area (Å²) in [4.78, 5) is 16.1. The Bertz CT molecular complexity index is 1000. The summed E-state index contributed by atoms with van der Waals surface area (Å²) < 4.78 is 13.0. The van der Waals surface area contributed by atoms with Crippen molar-refractivity contribution in [1.82, 2.24) is 9.55 Å². The maximum Gasteiger partial charge on any atom is 0.418 e. The lowest BCUT2D eigenvalue weighted by Crippen LogP contribution is -2.27. The molecule has 5 heteroatoms. The molecule has 0 radical (unpaired) electrons. The normalized spacial score (nSPS) is 12.1. The highest BCUT2D eigenvalue weighted by Gasteiger charge is 2.25. The molecule has 2 aromatic heterocycles. The molecule has 1 aromatic carbocycles. The summed E-state index contributed by atoms with van der Waals surface area (Å²) in [5.74, 6) is 0.712. The van der Waals surface area contributed by atoms with Crippen LogP contribution in [0.2, 0.25) is 0 Å². The first-order valence-electron chi connectivity index (χ1n) is 9.78. The SMILES string of the molecule is COc1c(-c2ccc[nH]2)cc(C(C)(C)C)cc1-c1cccn1C(=O)OC(C)(C)C. The molecule has 5 nitrogen and oxygen atoms in total. The molecule has 0 spiro atoms. The topological polar surface area (TPSA) is 56.2 Å². The fraction of sp³-hybridized carbons (Fsp3) is 0.375. The Kier molecular flexibility index (Phi) is 5.35. The molecule has 154 valence electrons. The molecular formula is C24H30N2O3. The largest absolute Gasteiger partial charge is 0.495 e. The van der Waals surface area contributed by atoms with E-state index in [1.807, 2.05) is 51.2 Å². The maximum absolute atomic E-state index is 12.8. The third-order valence-corrected chi connectivity index (χ3v) is 4.66. The van der Waals surface area contributed by atoms with Gasteiger partial charge >= 0.3 is 6.09 Å². The number of aromatic amines is 1. The second-order valence-corrected chi connectivity index (χ2v) is 9.18. The van der Waals surface area contributed by atoms with E-state index in [0.717, 1.165) is 28.1 Å². The van der Waals surface area contributed by atoms with E-state index in [1.165, 1.54) is 4.57 Å². The Morgan fingerprint density at radius 3 is 2.24 bits per heavy atom. The number of rotatable bonds is 3. The summed E-state index contributed by atoms with van der Waals surface area (Å²) in [6, 6.07) is 12.0. The molecule has 29 heavy (non-hydrogen) atoms. The summed E-state index contributed by atoms with van der Waals surface area (Å²) in [6.45, 7) is 12.1. The van der Waals surface area contributed by atoms with Crippen molar-refractivity contribution >= 4 is 6.09 Å².